The molecule has 0 aromatic carbocycles. The molecule has 0 bridgehead atoms. The van der Waals surface area contributed by atoms with Crippen LogP contribution in [0.15, 0.2) is 31.0 Å². The van der Waals surface area contributed by atoms with Gasteiger partial charge in [0.25, 0.3) is 5.91 Å². The van der Waals surface area contributed by atoms with Gasteiger partial charge in [0.15, 0.2) is 5.69 Å². The minimum Gasteiger partial charge on any atom is -0.390 e. The van der Waals surface area contributed by atoms with Crippen LogP contribution >= 0.6 is 0 Å². The van der Waals surface area contributed by atoms with Crippen LogP contribution in [-0.4, -0.2) is 47.2 Å². The number of hydrogen-bond donors (Lipinski definition) is 3. The van der Waals surface area contributed by atoms with Crippen LogP contribution in [0, 0.1) is 0 Å². The van der Waals surface area contributed by atoms with Crippen LogP contribution in [0.5, 0.6) is 0 Å². The molecule has 4 rings (SSSR count). The Morgan fingerprint density at radius 1 is 1.40 bits per heavy atom. The van der Waals surface area contributed by atoms with Crippen molar-refractivity contribution in [3.63, 3.8) is 0 Å². The number of rotatable bonds is 3. The minimum absolute atomic E-state index is 0.0457. The van der Waals surface area contributed by atoms with Gasteiger partial charge in [-0.15, -0.1) is 0 Å². The van der Waals surface area contributed by atoms with E-state index in [4.69, 9.17) is 0 Å². The summed E-state index contributed by atoms with van der Waals surface area (Å²) in [5.41, 5.74) is 0.980. The van der Waals surface area contributed by atoms with E-state index >= 15 is 0 Å². The van der Waals surface area contributed by atoms with Crippen molar-refractivity contribution in [1.29, 1.82) is 0 Å². The summed E-state index contributed by atoms with van der Waals surface area (Å²) in [4.78, 5) is 28.7. The predicted octanol–water partition coefficient (Wildman–Crippen LogP) is 1.57. The smallest absolute Gasteiger partial charge is 0.272 e. The minimum atomic E-state index is -0.628. The number of fused-ring (bicyclic) bond motifs is 1. The van der Waals surface area contributed by atoms with Crippen LogP contribution in [0.3, 0.4) is 0 Å². The molecule has 1 aliphatic carbocycles. The zero-order chi connectivity index (χ0) is 17.4. The van der Waals surface area contributed by atoms with Crippen LogP contribution in [0.2, 0.25) is 0 Å². The molecule has 3 aromatic heterocycles. The Morgan fingerprint density at radius 2 is 2.20 bits per heavy atom. The molecule has 1 fully saturated rings. The number of aliphatic hydroxyl groups is 1. The molecule has 1 aliphatic rings. The van der Waals surface area contributed by atoms with Gasteiger partial charge in [-0.25, -0.2) is 15.0 Å². The first-order valence-corrected chi connectivity index (χ1v) is 8.38. The van der Waals surface area contributed by atoms with Crippen molar-refractivity contribution in [2.24, 2.45) is 0 Å². The third-order valence-corrected chi connectivity index (χ3v) is 4.74. The fourth-order valence-corrected chi connectivity index (χ4v) is 3.23. The highest BCUT2D eigenvalue weighted by Crippen LogP contribution is 2.28. The predicted molar refractivity (Wildman–Crippen MR) is 91.4 cm³/mol. The summed E-state index contributed by atoms with van der Waals surface area (Å²) in [6, 6.07) is 1.86. The summed E-state index contributed by atoms with van der Waals surface area (Å²) < 4.78 is 1.67. The molecule has 8 heteroatoms. The van der Waals surface area contributed by atoms with E-state index in [1.165, 1.54) is 0 Å². The fraction of sp³-hybridized carbons (Fsp3) is 0.412. The van der Waals surface area contributed by atoms with E-state index in [-0.39, 0.29) is 11.9 Å². The molecule has 25 heavy (non-hydrogen) atoms. The number of amides is 1. The van der Waals surface area contributed by atoms with E-state index in [2.05, 4.69) is 25.3 Å². The number of nitrogens with one attached hydrogen (secondary N) is 2. The van der Waals surface area contributed by atoms with Crippen LogP contribution in [-0.2, 0) is 0 Å². The second-order valence-corrected chi connectivity index (χ2v) is 6.82. The summed E-state index contributed by atoms with van der Waals surface area (Å²) in [5, 5.41) is 13.1. The Kier molecular flexibility index (Phi) is 3.76. The van der Waals surface area contributed by atoms with Crippen LogP contribution < -0.4 is 5.32 Å². The van der Waals surface area contributed by atoms with Gasteiger partial charge < -0.3 is 15.4 Å². The number of nitrogens with zero attached hydrogens (tertiary/aromatic N) is 4. The van der Waals surface area contributed by atoms with Crippen molar-refractivity contribution < 1.29 is 9.90 Å². The molecule has 0 unspecified atom stereocenters. The summed E-state index contributed by atoms with van der Waals surface area (Å²) >= 11 is 0. The van der Waals surface area contributed by atoms with Crippen LogP contribution in [0.4, 0.5) is 0 Å². The summed E-state index contributed by atoms with van der Waals surface area (Å²) in [6.45, 7) is 1.84. The lowest BCUT2D eigenvalue weighted by atomic mass is 9.83. The zero-order valence-electron chi connectivity index (χ0n) is 13.9. The Balaban J connectivity index is 1.62. The Bertz CT molecular complexity index is 889. The lowest BCUT2D eigenvalue weighted by Crippen LogP contribution is -2.42. The van der Waals surface area contributed by atoms with Gasteiger partial charge in [0.05, 0.1) is 16.6 Å². The highest BCUT2D eigenvalue weighted by Gasteiger charge is 2.30. The Hall–Kier alpha value is -2.74. The first kappa shape index (κ1) is 15.8. The molecule has 0 atom stereocenters. The van der Waals surface area contributed by atoms with Gasteiger partial charge in [0.1, 0.15) is 6.33 Å². The third kappa shape index (κ3) is 3.12. The van der Waals surface area contributed by atoms with Crippen molar-refractivity contribution in [2.45, 2.75) is 44.2 Å². The number of carbonyl (C=O) groups is 1. The Labute approximate surface area is 144 Å². The molecule has 1 amide bonds. The van der Waals surface area contributed by atoms with Gasteiger partial charge in [0.2, 0.25) is 5.95 Å². The van der Waals surface area contributed by atoms with Crippen molar-refractivity contribution >= 4 is 16.9 Å². The molecule has 0 spiro atoms. The highest BCUT2D eigenvalue weighted by atomic mass is 16.3. The average Bonchev–Trinajstić information content (AvgIpc) is 3.26. The molecule has 3 N–H and O–H groups in total. The summed E-state index contributed by atoms with van der Waals surface area (Å²) in [7, 11) is 0. The number of H-pyrrole nitrogens is 1. The monoisotopic (exact) mass is 340 g/mol. The standard InChI is InChI=1S/C17H20N6O2/c1-17(25)5-2-11(3-6-17)20-15(24)14-13-12(4-7-19-13)21-16(22-14)23-9-8-18-10-23/h4,7-11,19,25H,2-3,5-6H2,1H3,(H,20,24)/t11-,17-. The largest absolute Gasteiger partial charge is 0.390 e. The first-order chi connectivity index (χ1) is 12.0. The van der Waals surface area contributed by atoms with E-state index < -0.39 is 5.60 Å². The highest BCUT2D eigenvalue weighted by molar-refractivity contribution is 6.03. The van der Waals surface area contributed by atoms with Gasteiger partial charge in [-0.1, -0.05) is 0 Å². The molecule has 0 radical (unpaired) electrons. The van der Waals surface area contributed by atoms with E-state index in [1.54, 1.807) is 29.5 Å². The molecular formula is C17H20N6O2. The number of hydrogen-bond acceptors (Lipinski definition) is 5. The second kappa shape index (κ2) is 5.96. The third-order valence-electron chi connectivity index (χ3n) is 4.74. The van der Waals surface area contributed by atoms with Gasteiger partial charge in [-0.2, -0.15) is 0 Å². The number of aromatic nitrogens is 5. The van der Waals surface area contributed by atoms with Gasteiger partial charge in [0, 0.05) is 24.6 Å². The van der Waals surface area contributed by atoms with E-state index in [1.807, 2.05) is 13.0 Å². The topological polar surface area (TPSA) is 109 Å². The SMILES string of the molecule is C[C@]1(O)CC[C@H](NC(=O)c2nc(-n3ccnc3)nc3cc[nH]c23)CC1. The van der Waals surface area contributed by atoms with Crippen molar-refractivity contribution in [3.05, 3.63) is 36.7 Å². The lowest BCUT2D eigenvalue weighted by Gasteiger charge is -2.33. The first-order valence-electron chi connectivity index (χ1n) is 8.38. The quantitative estimate of drug-likeness (QED) is 0.670. The van der Waals surface area contributed by atoms with Crippen molar-refractivity contribution in [3.8, 4) is 5.95 Å². The van der Waals surface area contributed by atoms with Gasteiger partial charge in [-0.05, 0) is 38.7 Å². The summed E-state index contributed by atoms with van der Waals surface area (Å²) in [6.07, 6.45) is 9.58. The number of aromatic amines is 1. The van der Waals surface area contributed by atoms with Crippen LogP contribution in [0.1, 0.15) is 43.1 Å². The molecule has 0 saturated heterocycles. The maximum Gasteiger partial charge on any atom is 0.272 e. The number of imidazole rings is 1. The molecule has 0 aliphatic heterocycles. The van der Waals surface area contributed by atoms with Gasteiger partial charge >= 0.3 is 0 Å². The molecule has 8 nitrogen and oxygen atoms in total. The van der Waals surface area contributed by atoms with E-state index in [0.29, 0.717) is 35.5 Å². The van der Waals surface area contributed by atoms with E-state index in [0.717, 1.165) is 12.8 Å². The van der Waals surface area contributed by atoms with E-state index in [9.17, 15) is 9.90 Å². The summed E-state index contributed by atoms with van der Waals surface area (Å²) in [5.74, 6) is 0.170. The lowest BCUT2D eigenvalue weighted by molar-refractivity contribution is 0.0140. The molecule has 3 aromatic rings. The zero-order valence-corrected chi connectivity index (χ0v) is 13.9. The molecule has 130 valence electrons. The maximum absolute atomic E-state index is 12.8. The second-order valence-electron chi connectivity index (χ2n) is 6.82. The van der Waals surface area contributed by atoms with Crippen LogP contribution in [0.25, 0.3) is 17.0 Å². The van der Waals surface area contributed by atoms with Crippen molar-refractivity contribution in [1.82, 2.24) is 29.8 Å². The molecular weight excluding hydrogens is 320 g/mol. The number of carbonyl (C=O) groups excluding carboxylic acids is 1. The molecule has 1 saturated carbocycles. The fourth-order valence-electron chi connectivity index (χ4n) is 3.23. The normalized spacial score (nSPS) is 23.7. The van der Waals surface area contributed by atoms with Crippen molar-refractivity contribution in [2.75, 3.05) is 0 Å². The average molecular weight is 340 g/mol. The molecule has 3 heterocycles. The van der Waals surface area contributed by atoms with Gasteiger partial charge in [-0.3, -0.25) is 9.36 Å². The Morgan fingerprint density at radius 3 is 2.92 bits per heavy atom. The maximum atomic E-state index is 12.8.